The number of nitrogens with one attached hydrogen (secondary N) is 2. The standard InChI is InChI=1S/C13H23N3O3S/c1-11-9-16(10-12(2)19-11)20(17,18)6-5-15-8-13-3-4-14-7-13/h3-4,7,11-12,14-15H,5-6,8-10H2,1-2H3/t11-,12-/m1/s1. The molecule has 0 aromatic carbocycles. The summed E-state index contributed by atoms with van der Waals surface area (Å²) < 4.78 is 31.6. The van der Waals surface area contributed by atoms with Gasteiger partial charge in [-0.2, -0.15) is 4.31 Å². The highest BCUT2D eigenvalue weighted by atomic mass is 32.2. The van der Waals surface area contributed by atoms with Crippen molar-refractivity contribution in [2.45, 2.75) is 32.6 Å². The van der Waals surface area contributed by atoms with Crippen LogP contribution in [-0.4, -0.2) is 55.3 Å². The van der Waals surface area contributed by atoms with E-state index in [1.165, 1.54) is 0 Å². The lowest BCUT2D eigenvalue weighted by Gasteiger charge is -2.34. The molecule has 0 bridgehead atoms. The van der Waals surface area contributed by atoms with Crippen molar-refractivity contribution in [3.05, 3.63) is 24.0 Å². The summed E-state index contributed by atoms with van der Waals surface area (Å²) in [5, 5.41) is 3.15. The second kappa shape index (κ2) is 6.71. The monoisotopic (exact) mass is 301 g/mol. The summed E-state index contributed by atoms with van der Waals surface area (Å²) in [5.74, 6) is 0.122. The van der Waals surface area contributed by atoms with Crippen molar-refractivity contribution < 1.29 is 13.2 Å². The van der Waals surface area contributed by atoms with Gasteiger partial charge in [0, 0.05) is 38.6 Å². The molecule has 7 heteroatoms. The molecule has 0 spiro atoms. The quantitative estimate of drug-likeness (QED) is 0.752. The molecule has 1 aromatic rings. The van der Waals surface area contributed by atoms with Crippen molar-refractivity contribution >= 4 is 10.0 Å². The first-order valence-electron chi connectivity index (χ1n) is 6.93. The molecule has 6 nitrogen and oxygen atoms in total. The van der Waals surface area contributed by atoms with Crippen LogP contribution in [0.3, 0.4) is 0 Å². The van der Waals surface area contributed by atoms with Crippen LogP contribution in [0.4, 0.5) is 0 Å². The highest BCUT2D eigenvalue weighted by Crippen LogP contribution is 2.14. The largest absolute Gasteiger partial charge is 0.373 e. The Labute approximate surface area is 120 Å². The zero-order valence-electron chi connectivity index (χ0n) is 12.0. The second-order valence-electron chi connectivity index (χ2n) is 5.29. The molecule has 0 saturated carbocycles. The predicted molar refractivity (Wildman–Crippen MR) is 77.9 cm³/mol. The van der Waals surface area contributed by atoms with Gasteiger partial charge >= 0.3 is 0 Å². The van der Waals surface area contributed by atoms with Crippen molar-refractivity contribution in [3.8, 4) is 0 Å². The van der Waals surface area contributed by atoms with E-state index >= 15 is 0 Å². The first-order valence-corrected chi connectivity index (χ1v) is 8.54. The van der Waals surface area contributed by atoms with E-state index in [-0.39, 0.29) is 18.0 Å². The van der Waals surface area contributed by atoms with Crippen LogP contribution in [0.1, 0.15) is 19.4 Å². The number of aromatic nitrogens is 1. The van der Waals surface area contributed by atoms with Crippen LogP contribution in [0.25, 0.3) is 0 Å². The van der Waals surface area contributed by atoms with Gasteiger partial charge in [0.15, 0.2) is 0 Å². The molecule has 0 unspecified atom stereocenters. The van der Waals surface area contributed by atoms with Crippen molar-refractivity contribution in [2.75, 3.05) is 25.4 Å². The Morgan fingerprint density at radius 2 is 2.10 bits per heavy atom. The summed E-state index contributed by atoms with van der Waals surface area (Å²) in [4.78, 5) is 2.97. The molecule has 2 atom stereocenters. The summed E-state index contributed by atoms with van der Waals surface area (Å²) in [6, 6.07) is 1.97. The zero-order chi connectivity index (χ0) is 14.6. The van der Waals surface area contributed by atoms with Gasteiger partial charge in [0.05, 0.1) is 18.0 Å². The molecule has 1 fully saturated rings. The lowest BCUT2D eigenvalue weighted by molar-refractivity contribution is -0.0440. The van der Waals surface area contributed by atoms with Crippen LogP contribution in [0.15, 0.2) is 18.5 Å². The Hall–Kier alpha value is -0.890. The first kappa shape index (κ1) is 15.5. The molecule has 1 aliphatic rings. The summed E-state index contributed by atoms with van der Waals surface area (Å²) in [5.41, 5.74) is 1.12. The molecular weight excluding hydrogens is 278 g/mol. The summed E-state index contributed by atoms with van der Waals surface area (Å²) in [6.45, 7) is 5.84. The molecule has 0 aliphatic carbocycles. The van der Waals surface area contributed by atoms with Gasteiger partial charge in [-0.25, -0.2) is 8.42 Å². The molecule has 2 rings (SSSR count). The van der Waals surface area contributed by atoms with Gasteiger partial charge in [0.1, 0.15) is 0 Å². The van der Waals surface area contributed by atoms with Crippen LogP contribution in [-0.2, 0) is 21.3 Å². The molecule has 0 amide bonds. The highest BCUT2D eigenvalue weighted by Gasteiger charge is 2.30. The summed E-state index contributed by atoms with van der Waals surface area (Å²) in [6.07, 6.45) is 3.67. The molecule has 20 heavy (non-hydrogen) atoms. The number of nitrogens with zero attached hydrogens (tertiary/aromatic N) is 1. The Balaban J connectivity index is 1.78. The molecule has 2 N–H and O–H groups in total. The summed E-state index contributed by atoms with van der Waals surface area (Å²) >= 11 is 0. The topological polar surface area (TPSA) is 74.4 Å². The minimum Gasteiger partial charge on any atom is -0.373 e. The lowest BCUT2D eigenvalue weighted by atomic mass is 10.3. The number of aromatic amines is 1. The van der Waals surface area contributed by atoms with Gasteiger partial charge in [-0.1, -0.05) is 0 Å². The van der Waals surface area contributed by atoms with Crippen LogP contribution in [0, 0.1) is 0 Å². The van der Waals surface area contributed by atoms with E-state index in [2.05, 4.69) is 10.3 Å². The van der Waals surface area contributed by atoms with E-state index in [9.17, 15) is 8.42 Å². The van der Waals surface area contributed by atoms with Crippen molar-refractivity contribution in [3.63, 3.8) is 0 Å². The third kappa shape index (κ3) is 4.31. The maximum Gasteiger partial charge on any atom is 0.215 e. The molecule has 1 aliphatic heterocycles. The minimum atomic E-state index is -3.21. The Bertz CT molecular complexity index is 491. The van der Waals surface area contributed by atoms with Gasteiger partial charge in [0.2, 0.25) is 10.0 Å². The first-order chi connectivity index (χ1) is 9.47. The van der Waals surface area contributed by atoms with Gasteiger partial charge in [-0.15, -0.1) is 0 Å². The third-order valence-corrected chi connectivity index (χ3v) is 5.11. The Kier molecular flexibility index (Phi) is 5.20. The van der Waals surface area contributed by atoms with Gasteiger partial charge in [-0.05, 0) is 25.5 Å². The molecule has 1 saturated heterocycles. The van der Waals surface area contributed by atoms with Crippen molar-refractivity contribution in [1.29, 1.82) is 0 Å². The number of hydrogen-bond acceptors (Lipinski definition) is 4. The number of sulfonamides is 1. The molecule has 0 radical (unpaired) electrons. The number of H-pyrrole nitrogens is 1. The van der Waals surface area contributed by atoms with E-state index < -0.39 is 10.0 Å². The van der Waals surface area contributed by atoms with Crippen molar-refractivity contribution in [2.24, 2.45) is 0 Å². The van der Waals surface area contributed by atoms with Crippen LogP contribution in [0.2, 0.25) is 0 Å². The average Bonchev–Trinajstić information content (AvgIpc) is 2.86. The lowest BCUT2D eigenvalue weighted by Crippen LogP contribution is -2.49. The molecular formula is C13H23N3O3S. The molecule has 114 valence electrons. The van der Waals surface area contributed by atoms with E-state index in [0.717, 1.165) is 5.56 Å². The van der Waals surface area contributed by atoms with E-state index in [1.54, 1.807) is 4.31 Å². The normalized spacial score (nSPS) is 24.9. The van der Waals surface area contributed by atoms with Gasteiger partial charge in [-0.3, -0.25) is 0 Å². The number of rotatable bonds is 6. The van der Waals surface area contributed by atoms with Gasteiger partial charge in [0.25, 0.3) is 0 Å². The van der Waals surface area contributed by atoms with Crippen LogP contribution < -0.4 is 5.32 Å². The zero-order valence-corrected chi connectivity index (χ0v) is 12.8. The van der Waals surface area contributed by atoms with Crippen LogP contribution in [0.5, 0.6) is 0 Å². The highest BCUT2D eigenvalue weighted by molar-refractivity contribution is 7.89. The smallest absolute Gasteiger partial charge is 0.215 e. The molecule has 2 heterocycles. The van der Waals surface area contributed by atoms with Gasteiger partial charge < -0.3 is 15.0 Å². The maximum atomic E-state index is 12.3. The fraction of sp³-hybridized carbons (Fsp3) is 0.692. The molecule has 1 aromatic heterocycles. The number of hydrogen-bond donors (Lipinski definition) is 2. The fourth-order valence-corrected chi connectivity index (χ4v) is 3.92. The Morgan fingerprint density at radius 3 is 2.70 bits per heavy atom. The SMILES string of the molecule is C[C@@H]1CN(S(=O)(=O)CCNCc2cc[nH]c2)C[C@@H](C)O1. The van der Waals surface area contributed by atoms with Crippen molar-refractivity contribution in [1.82, 2.24) is 14.6 Å². The number of morpholine rings is 1. The summed E-state index contributed by atoms with van der Waals surface area (Å²) in [7, 11) is -3.21. The number of ether oxygens (including phenoxy) is 1. The predicted octanol–water partition coefficient (Wildman–Crippen LogP) is 0.543. The minimum absolute atomic E-state index is 0.0404. The second-order valence-corrected chi connectivity index (χ2v) is 7.37. The average molecular weight is 301 g/mol. The van der Waals surface area contributed by atoms with E-state index in [4.69, 9.17) is 4.74 Å². The third-order valence-electron chi connectivity index (χ3n) is 3.31. The maximum absolute atomic E-state index is 12.3. The fourth-order valence-electron chi connectivity index (χ4n) is 2.39. The van der Waals surface area contributed by atoms with E-state index in [1.807, 2.05) is 32.3 Å². The van der Waals surface area contributed by atoms with Crippen LogP contribution >= 0.6 is 0 Å². The van der Waals surface area contributed by atoms with E-state index in [0.29, 0.717) is 26.2 Å². The Morgan fingerprint density at radius 1 is 1.40 bits per heavy atom.